The lowest BCUT2D eigenvalue weighted by molar-refractivity contribution is -0.115. The molecule has 1 aromatic carbocycles. The van der Waals surface area contributed by atoms with E-state index >= 15 is 0 Å². The van der Waals surface area contributed by atoms with Crippen LogP contribution >= 0.6 is 22.7 Å². The standard InChI is InChI=1S/C22H22FN3O2S2/c23-15-8-4-7-14(9-15)21-25-16(11-29-21)10-18(27)26-22-19(20(24)28)17(12-30-22)13-5-2-1-3-6-13/h4,7-9,11-13H,1-3,5-6,10H2,(H2,24,28)(H,26,27). The molecule has 3 N–H and O–H groups in total. The first-order chi connectivity index (χ1) is 14.5. The van der Waals surface area contributed by atoms with Crippen molar-refractivity contribution >= 4 is 39.5 Å². The van der Waals surface area contributed by atoms with E-state index < -0.39 is 5.91 Å². The number of carbonyl (C=O) groups is 2. The van der Waals surface area contributed by atoms with Crippen molar-refractivity contribution in [3.63, 3.8) is 0 Å². The van der Waals surface area contributed by atoms with Crippen LogP contribution in [0.25, 0.3) is 10.6 Å². The molecule has 0 unspecified atom stereocenters. The Hall–Kier alpha value is -2.58. The number of amides is 2. The number of hydrogen-bond donors (Lipinski definition) is 2. The molecule has 0 spiro atoms. The Labute approximate surface area is 182 Å². The Bertz CT molecular complexity index is 1070. The van der Waals surface area contributed by atoms with Gasteiger partial charge in [-0.3, -0.25) is 9.59 Å². The van der Waals surface area contributed by atoms with E-state index in [1.165, 1.54) is 41.2 Å². The maximum absolute atomic E-state index is 13.4. The molecule has 1 saturated carbocycles. The zero-order valence-electron chi connectivity index (χ0n) is 16.3. The molecule has 1 aliphatic carbocycles. The van der Waals surface area contributed by atoms with Gasteiger partial charge in [-0.05, 0) is 41.8 Å². The smallest absolute Gasteiger partial charge is 0.251 e. The molecule has 156 valence electrons. The molecule has 0 bridgehead atoms. The maximum atomic E-state index is 13.4. The molecule has 0 aliphatic heterocycles. The third kappa shape index (κ3) is 4.60. The number of nitrogens with one attached hydrogen (secondary N) is 1. The highest BCUT2D eigenvalue weighted by Crippen LogP contribution is 2.40. The summed E-state index contributed by atoms with van der Waals surface area (Å²) in [5.41, 5.74) is 8.33. The van der Waals surface area contributed by atoms with Gasteiger partial charge >= 0.3 is 0 Å². The van der Waals surface area contributed by atoms with Gasteiger partial charge in [0.05, 0.1) is 17.7 Å². The van der Waals surface area contributed by atoms with Gasteiger partial charge in [0, 0.05) is 10.9 Å². The number of hydrogen-bond acceptors (Lipinski definition) is 5. The van der Waals surface area contributed by atoms with Crippen LogP contribution in [0.2, 0.25) is 0 Å². The first-order valence-corrected chi connectivity index (χ1v) is 11.7. The van der Waals surface area contributed by atoms with Crippen LogP contribution in [0.1, 0.15) is 59.6 Å². The second-order valence-corrected chi connectivity index (χ2v) is 9.21. The van der Waals surface area contributed by atoms with Crippen LogP contribution in [0.15, 0.2) is 35.0 Å². The quantitative estimate of drug-likeness (QED) is 0.539. The highest BCUT2D eigenvalue weighted by molar-refractivity contribution is 7.15. The average molecular weight is 444 g/mol. The first-order valence-electron chi connectivity index (χ1n) is 9.92. The van der Waals surface area contributed by atoms with Crippen molar-refractivity contribution in [2.75, 3.05) is 5.32 Å². The van der Waals surface area contributed by atoms with Crippen molar-refractivity contribution in [3.8, 4) is 10.6 Å². The Morgan fingerprint density at radius 1 is 1.17 bits per heavy atom. The van der Waals surface area contributed by atoms with Crippen molar-refractivity contribution in [3.05, 3.63) is 57.7 Å². The predicted octanol–water partition coefficient (Wildman–Crippen LogP) is 5.34. The number of nitrogens with two attached hydrogens (primary N) is 1. The Morgan fingerprint density at radius 2 is 1.97 bits per heavy atom. The second kappa shape index (κ2) is 9.06. The molecule has 2 amide bonds. The fourth-order valence-electron chi connectivity index (χ4n) is 3.91. The van der Waals surface area contributed by atoms with E-state index in [-0.39, 0.29) is 18.1 Å². The van der Waals surface area contributed by atoms with Gasteiger partial charge in [-0.2, -0.15) is 0 Å². The van der Waals surface area contributed by atoms with E-state index in [1.54, 1.807) is 17.5 Å². The van der Waals surface area contributed by atoms with Crippen LogP contribution in [-0.4, -0.2) is 16.8 Å². The molecule has 3 aromatic rings. The molecule has 1 aliphatic rings. The van der Waals surface area contributed by atoms with Crippen molar-refractivity contribution < 1.29 is 14.0 Å². The lowest BCUT2D eigenvalue weighted by atomic mass is 9.83. The predicted molar refractivity (Wildman–Crippen MR) is 119 cm³/mol. The molecule has 0 radical (unpaired) electrons. The summed E-state index contributed by atoms with van der Waals surface area (Å²) >= 11 is 2.71. The minimum absolute atomic E-state index is 0.0701. The van der Waals surface area contributed by atoms with Gasteiger partial charge in [-0.1, -0.05) is 31.4 Å². The summed E-state index contributed by atoms with van der Waals surface area (Å²) in [4.78, 5) is 29.1. The third-order valence-corrected chi connectivity index (χ3v) is 7.18. The molecule has 1 fully saturated rings. The van der Waals surface area contributed by atoms with E-state index in [0.29, 0.717) is 32.7 Å². The topological polar surface area (TPSA) is 85.1 Å². The molecular weight excluding hydrogens is 421 g/mol. The zero-order valence-corrected chi connectivity index (χ0v) is 18.0. The lowest BCUT2D eigenvalue weighted by Crippen LogP contribution is -2.20. The molecule has 30 heavy (non-hydrogen) atoms. The van der Waals surface area contributed by atoms with Crippen LogP contribution in [-0.2, 0) is 11.2 Å². The minimum Gasteiger partial charge on any atom is -0.365 e. The van der Waals surface area contributed by atoms with Crippen LogP contribution in [0, 0.1) is 5.82 Å². The number of carbonyl (C=O) groups excluding carboxylic acids is 2. The monoisotopic (exact) mass is 443 g/mol. The third-order valence-electron chi connectivity index (χ3n) is 5.33. The van der Waals surface area contributed by atoms with Crippen molar-refractivity contribution in [2.24, 2.45) is 5.73 Å². The number of nitrogens with zero attached hydrogens (tertiary/aromatic N) is 1. The number of rotatable bonds is 6. The summed E-state index contributed by atoms with van der Waals surface area (Å²) in [6.45, 7) is 0. The summed E-state index contributed by atoms with van der Waals surface area (Å²) in [5.74, 6) is -0.761. The van der Waals surface area contributed by atoms with Gasteiger partial charge in [-0.15, -0.1) is 22.7 Å². The zero-order chi connectivity index (χ0) is 21.1. The maximum Gasteiger partial charge on any atom is 0.251 e. The molecule has 2 heterocycles. The van der Waals surface area contributed by atoms with Gasteiger partial charge in [0.15, 0.2) is 0 Å². The van der Waals surface area contributed by atoms with Crippen LogP contribution < -0.4 is 11.1 Å². The molecule has 0 saturated heterocycles. The second-order valence-electron chi connectivity index (χ2n) is 7.47. The SMILES string of the molecule is NC(=O)c1c(C2CCCCC2)csc1NC(=O)Cc1csc(-c2cccc(F)c2)n1. The molecular formula is C22H22FN3O2S2. The fourth-order valence-corrected chi connectivity index (χ4v) is 5.79. The van der Waals surface area contributed by atoms with E-state index in [4.69, 9.17) is 5.73 Å². The number of benzene rings is 1. The number of thiophene rings is 1. The van der Waals surface area contributed by atoms with Gasteiger partial charge in [0.25, 0.3) is 5.91 Å². The Morgan fingerprint density at radius 3 is 2.70 bits per heavy atom. The van der Waals surface area contributed by atoms with Crippen molar-refractivity contribution in [1.29, 1.82) is 0 Å². The summed E-state index contributed by atoms with van der Waals surface area (Å²) < 4.78 is 13.4. The Balaban J connectivity index is 1.47. The number of aromatic nitrogens is 1. The lowest BCUT2D eigenvalue weighted by Gasteiger charge is -2.21. The van der Waals surface area contributed by atoms with Gasteiger partial charge in [0.2, 0.25) is 5.91 Å². The minimum atomic E-state index is -0.505. The van der Waals surface area contributed by atoms with Crippen LogP contribution in [0.4, 0.5) is 9.39 Å². The summed E-state index contributed by atoms with van der Waals surface area (Å²) in [5, 5.41) is 7.75. The number of halogens is 1. The van der Waals surface area contributed by atoms with E-state index in [1.807, 2.05) is 5.38 Å². The van der Waals surface area contributed by atoms with Gasteiger partial charge < -0.3 is 11.1 Å². The van der Waals surface area contributed by atoms with E-state index in [9.17, 15) is 14.0 Å². The molecule has 5 nitrogen and oxygen atoms in total. The number of thiazole rings is 1. The van der Waals surface area contributed by atoms with Gasteiger partial charge in [0.1, 0.15) is 15.8 Å². The first kappa shape index (κ1) is 20.7. The molecule has 8 heteroatoms. The fraction of sp³-hybridized carbons (Fsp3) is 0.318. The summed E-state index contributed by atoms with van der Waals surface area (Å²) in [6, 6.07) is 6.21. The van der Waals surface area contributed by atoms with Crippen LogP contribution in [0.5, 0.6) is 0 Å². The summed E-state index contributed by atoms with van der Waals surface area (Å²) in [6.07, 6.45) is 5.69. The number of anilines is 1. The molecule has 4 rings (SSSR count). The van der Waals surface area contributed by atoms with Gasteiger partial charge in [-0.25, -0.2) is 9.37 Å². The normalized spacial score (nSPS) is 14.6. The molecule has 0 atom stereocenters. The largest absolute Gasteiger partial charge is 0.365 e. The van der Waals surface area contributed by atoms with Crippen molar-refractivity contribution in [2.45, 2.75) is 44.4 Å². The Kier molecular flexibility index (Phi) is 6.24. The van der Waals surface area contributed by atoms with Crippen molar-refractivity contribution in [1.82, 2.24) is 4.98 Å². The van der Waals surface area contributed by atoms with E-state index in [2.05, 4.69) is 10.3 Å². The molecule has 2 aromatic heterocycles. The highest BCUT2D eigenvalue weighted by atomic mass is 32.1. The average Bonchev–Trinajstić information content (AvgIpc) is 3.36. The highest BCUT2D eigenvalue weighted by Gasteiger charge is 2.25. The van der Waals surface area contributed by atoms with Crippen LogP contribution in [0.3, 0.4) is 0 Å². The van der Waals surface area contributed by atoms with E-state index in [0.717, 1.165) is 31.2 Å². The number of primary amides is 1. The summed E-state index contributed by atoms with van der Waals surface area (Å²) in [7, 11) is 0.